The molecular formula is C17H26BN5O6P+. The van der Waals surface area contributed by atoms with Gasteiger partial charge in [-0.1, -0.05) is 20.8 Å². The number of methoxy groups -OCH3 is 1. The number of nitrogens with one attached hydrogen (secondary N) is 1. The molecular weight excluding hydrogens is 412 g/mol. The molecule has 2 aromatic rings. The van der Waals surface area contributed by atoms with Gasteiger partial charge in [0, 0.05) is 13.5 Å². The Bertz CT molecular complexity index is 883. The van der Waals surface area contributed by atoms with E-state index >= 15 is 0 Å². The standard InChI is InChI=1S/C15H20BN5O6P.C2H6/c1-3-4-9(22)20-13-10-14(18-6-17-13)21(7-19-10)15-12(24-2)11-8(26-15)5-25-28(16,23)27-11;1-2/h6-8,11-12,15,23H,3-5H2,1-2H3,(H,17,18,20,22);1-2H3/q+1;/t8-,11+,12?,15-,28?;/m1./s1. The Balaban J connectivity index is 0.00000124. The van der Waals surface area contributed by atoms with Crippen molar-refractivity contribution in [3.05, 3.63) is 12.7 Å². The van der Waals surface area contributed by atoms with E-state index in [0.29, 0.717) is 23.4 Å². The molecule has 0 aromatic carbocycles. The number of hydrogen-bond donors (Lipinski definition) is 2. The van der Waals surface area contributed by atoms with Gasteiger partial charge in [-0.25, -0.2) is 19.8 Å². The molecule has 0 aliphatic carbocycles. The monoisotopic (exact) mass is 438 g/mol. The van der Waals surface area contributed by atoms with Crippen LogP contribution in [0.1, 0.15) is 39.8 Å². The van der Waals surface area contributed by atoms with Crippen LogP contribution < -0.4 is 5.32 Å². The van der Waals surface area contributed by atoms with E-state index in [4.69, 9.17) is 26.1 Å². The van der Waals surface area contributed by atoms with Crippen LogP contribution in [-0.4, -0.2) is 69.9 Å². The topological polar surface area (TPSA) is 130 Å². The Kier molecular flexibility index (Phi) is 7.38. The number of fused-ring (bicyclic) bond motifs is 2. The van der Waals surface area contributed by atoms with E-state index in [1.165, 1.54) is 19.8 Å². The maximum absolute atomic E-state index is 11.9. The molecule has 2 radical (unpaired) electrons. The first kappa shape index (κ1) is 23.0. The van der Waals surface area contributed by atoms with E-state index < -0.39 is 32.4 Å². The Morgan fingerprint density at radius 1 is 1.43 bits per heavy atom. The largest absolute Gasteiger partial charge is 0.488 e. The third-order valence-corrected chi connectivity index (χ3v) is 5.69. The van der Waals surface area contributed by atoms with Gasteiger partial charge in [-0.15, -0.1) is 0 Å². The molecule has 4 heterocycles. The molecule has 2 aliphatic rings. The molecule has 2 unspecified atom stereocenters. The van der Waals surface area contributed by atoms with Gasteiger partial charge < -0.3 is 14.8 Å². The Morgan fingerprint density at radius 2 is 2.20 bits per heavy atom. The normalized spacial score (nSPS) is 30.4. The van der Waals surface area contributed by atoms with Crippen LogP contribution in [0.2, 0.25) is 0 Å². The predicted molar refractivity (Wildman–Crippen MR) is 111 cm³/mol. The van der Waals surface area contributed by atoms with Gasteiger partial charge in [0.2, 0.25) is 5.91 Å². The molecule has 162 valence electrons. The summed E-state index contributed by atoms with van der Waals surface area (Å²) in [4.78, 5) is 34.6. The highest BCUT2D eigenvalue weighted by molar-refractivity contribution is 7.85. The summed E-state index contributed by atoms with van der Waals surface area (Å²) >= 11 is 0. The fourth-order valence-corrected chi connectivity index (χ4v) is 4.41. The van der Waals surface area contributed by atoms with E-state index in [2.05, 4.69) is 20.3 Å². The summed E-state index contributed by atoms with van der Waals surface area (Å²) in [5.74, 6) is 0.181. The lowest BCUT2D eigenvalue weighted by molar-refractivity contribution is -0.116. The fourth-order valence-electron chi connectivity index (χ4n) is 3.38. The zero-order valence-corrected chi connectivity index (χ0v) is 18.3. The Hall–Kier alpha value is -1.69. The number of carbonyl (C=O) groups excluding carboxylic acids is 1. The molecule has 0 saturated carbocycles. The quantitative estimate of drug-likeness (QED) is 0.530. The summed E-state index contributed by atoms with van der Waals surface area (Å²) < 4.78 is 23.9. The van der Waals surface area contributed by atoms with Crippen LogP contribution >= 0.6 is 7.82 Å². The molecule has 4 rings (SSSR count). The third-order valence-electron chi connectivity index (χ3n) is 4.62. The Labute approximate surface area is 176 Å². The molecule has 2 fully saturated rings. The van der Waals surface area contributed by atoms with Gasteiger partial charge in [0.25, 0.3) is 0 Å². The molecule has 2 saturated heterocycles. The number of nitrogens with zero attached hydrogens (tertiary/aromatic N) is 4. The SMILES string of the molecule is CC.[B][P+]1(O)OC[C@H]2O[C@@H](n3cnc4c(NC(=O)CCC)ncnc43)C(OC)[C@H]2O1. The van der Waals surface area contributed by atoms with Crippen LogP contribution in [-0.2, 0) is 23.3 Å². The molecule has 1 amide bonds. The van der Waals surface area contributed by atoms with Crippen LogP contribution in [0.3, 0.4) is 0 Å². The van der Waals surface area contributed by atoms with E-state index in [1.807, 2.05) is 20.8 Å². The summed E-state index contributed by atoms with van der Waals surface area (Å²) in [5, 5.41) is 2.75. The molecule has 2 N–H and O–H groups in total. The molecule has 13 heteroatoms. The molecule has 0 spiro atoms. The molecule has 2 aromatic heterocycles. The van der Waals surface area contributed by atoms with E-state index in [-0.39, 0.29) is 12.5 Å². The van der Waals surface area contributed by atoms with Gasteiger partial charge in [-0.2, -0.15) is 9.05 Å². The fraction of sp³-hybridized carbons (Fsp3) is 0.647. The summed E-state index contributed by atoms with van der Waals surface area (Å²) in [6, 6.07) is 0. The first-order valence-corrected chi connectivity index (χ1v) is 11.5. The third kappa shape index (κ3) is 4.49. The maximum atomic E-state index is 11.9. The average molecular weight is 438 g/mol. The van der Waals surface area contributed by atoms with Crippen molar-refractivity contribution in [1.82, 2.24) is 19.5 Å². The second-order valence-electron chi connectivity index (χ2n) is 6.54. The number of ether oxygens (including phenoxy) is 2. The van der Waals surface area contributed by atoms with Crippen LogP contribution in [0.4, 0.5) is 5.82 Å². The van der Waals surface area contributed by atoms with Crippen molar-refractivity contribution >= 4 is 38.3 Å². The smallest absolute Gasteiger partial charge is 0.374 e. The first-order chi connectivity index (χ1) is 14.4. The summed E-state index contributed by atoms with van der Waals surface area (Å²) in [6.45, 7) is 6.00. The molecule has 30 heavy (non-hydrogen) atoms. The van der Waals surface area contributed by atoms with Crippen molar-refractivity contribution in [3.8, 4) is 0 Å². The lowest BCUT2D eigenvalue weighted by atomic mass is 10.1. The van der Waals surface area contributed by atoms with Gasteiger partial charge >= 0.3 is 15.4 Å². The van der Waals surface area contributed by atoms with Gasteiger partial charge in [-0.05, 0) is 6.42 Å². The maximum Gasteiger partial charge on any atom is 0.488 e. The van der Waals surface area contributed by atoms with Gasteiger partial charge in [0.15, 0.2) is 29.3 Å². The highest BCUT2D eigenvalue weighted by Gasteiger charge is 2.57. The van der Waals surface area contributed by atoms with Crippen molar-refractivity contribution < 1.29 is 28.2 Å². The zero-order valence-electron chi connectivity index (χ0n) is 17.4. The summed E-state index contributed by atoms with van der Waals surface area (Å²) in [6.07, 6.45) is 1.70. The minimum atomic E-state index is -3.40. The van der Waals surface area contributed by atoms with E-state index in [1.54, 1.807) is 4.57 Å². The minimum Gasteiger partial charge on any atom is -0.374 e. The predicted octanol–water partition coefficient (Wildman–Crippen LogP) is 1.76. The first-order valence-electron chi connectivity index (χ1n) is 9.82. The number of imidazole rings is 1. The lowest BCUT2D eigenvalue weighted by Crippen LogP contribution is -2.41. The van der Waals surface area contributed by atoms with Gasteiger partial charge in [-0.3, -0.25) is 9.36 Å². The van der Waals surface area contributed by atoms with Crippen molar-refractivity contribution in [2.45, 2.75) is 58.2 Å². The Morgan fingerprint density at radius 3 is 2.90 bits per heavy atom. The van der Waals surface area contributed by atoms with Gasteiger partial charge in [0.1, 0.15) is 25.1 Å². The van der Waals surface area contributed by atoms with Crippen LogP contribution in [0.25, 0.3) is 11.2 Å². The summed E-state index contributed by atoms with van der Waals surface area (Å²) in [5.41, 5.74) is 0.895. The van der Waals surface area contributed by atoms with E-state index in [9.17, 15) is 9.69 Å². The average Bonchev–Trinajstić information content (AvgIpc) is 3.30. The highest BCUT2D eigenvalue weighted by Crippen LogP contribution is 2.58. The molecule has 5 atom stereocenters. The van der Waals surface area contributed by atoms with Crippen LogP contribution in [0.5, 0.6) is 0 Å². The number of anilines is 1. The second-order valence-corrected chi connectivity index (χ2v) is 8.14. The van der Waals surface area contributed by atoms with E-state index in [0.717, 1.165) is 6.42 Å². The van der Waals surface area contributed by atoms with Gasteiger partial charge in [0.05, 0.1) is 6.33 Å². The number of hydrogen-bond acceptors (Lipinski definition) is 9. The molecule has 0 bridgehead atoms. The van der Waals surface area contributed by atoms with Crippen molar-refractivity contribution in [3.63, 3.8) is 0 Å². The minimum absolute atomic E-state index is 0.0851. The lowest BCUT2D eigenvalue weighted by Gasteiger charge is -2.29. The number of carbonyl (C=O) groups is 1. The van der Waals surface area contributed by atoms with Crippen LogP contribution in [0.15, 0.2) is 12.7 Å². The summed E-state index contributed by atoms with van der Waals surface area (Å²) in [7, 11) is 3.74. The number of amides is 1. The zero-order chi connectivity index (χ0) is 21.9. The molecule has 11 nitrogen and oxygen atoms in total. The van der Waals surface area contributed by atoms with Crippen molar-refractivity contribution in [2.75, 3.05) is 19.0 Å². The van der Waals surface area contributed by atoms with Crippen LogP contribution in [0, 0.1) is 0 Å². The number of rotatable bonds is 5. The second kappa shape index (κ2) is 9.63. The number of aromatic nitrogens is 4. The highest BCUT2D eigenvalue weighted by atomic mass is 31.2. The van der Waals surface area contributed by atoms with Crippen molar-refractivity contribution in [1.29, 1.82) is 0 Å². The van der Waals surface area contributed by atoms with Crippen molar-refractivity contribution in [2.24, 2.45) is 0 Å². The molecule has 2 aliphatic heterocycles.